The monoisotopic (exact) mass is 274 g/mol. The molecule has 1 aromatic carbocycles. The lowest BCUT2D eigenvalue weighted by Gasteiger charge is -2.13. The maximum Gasteiger partial charge on any atom is 0.123 e. The summed E-state index contributed by atoms with van der Waals surface area (Å²) in [5.74, 6) is 0.794. The van der Waals surface area contributed by atoms with Crippen LogP contribution in [0.15, 0.2) is 30.5 Å². The van der Waals surface area contributed by atoms with E-state index in [1.165, 1.54) is 5.69 Å². The van der Waals surface area contributed by atoms with Gasteiger partial charge in [0.25, 0.3) is 0 Å². The molecule has 1 heterocycles. The van der Waals surface area contributed by atoms with Gasteiger partial charge in [0.1, 0.15) is 5.75 Å². The Morgan fingerprint density at radius 1 is 1.35 bits per heavy atom. The van der Waals surface area contributed by atoms with Gasteiger partial charge in [-0.25, -0.2) is 0 Å². The Bertz CT molecular complexity index is 563. The van der Waals surface area contributed by atoms with Gasteiger partial charge in [-0.05, 0) is 26.0 Å². The Labute approximate surface area is 119 Å². The number of anilines is 2. The summed E-state index contributed by atoms with van der Waals surface area (Å²) in [6, 6.07) is 7.75. The first kappa shape index (κ1) is 14.2. The van der Waals surface area contributed by atoms with Crippen molar-refractivity contribution in [3.05, 3.63) is 36.2 Å². The van der Waals surface area contributed by atoms with Crippen LogP contribution < -0.4 is 15.8 Å². The lowest BCUT2D eigenvalue weighted by Crippen LogP contribution is -2.10. The smallest absolute Gasteiger partial charge is 0.123 e. The second-order valence-corrected chi connectivity index (χ2v) is 5.08. The van der Waals surface area contributed by atoms with E-state index in [1.807, 2.05) is 56.0 Å². The first-order valence-electron chi connectivity index (χ1n) is 6.82. The van der Waals surface area contributed by atoms with Crippen molar-refractivity contribution >= 4 is 11.4 Å². The highest BCUT2D eigenvalue weighted by atomic mass is 16.5. The molecule has 0 amide bonds. The second-order valence-electron chi connectivity index (χ2n) is 5.08. The van der Waals surface area contributed by atoms with Crippen LogP contribution in [0.25, 0.3) is 0 Å². The number of hydrogen-bond acceptors (Lipinski definition) is 4. The molecule has 5 heteroatoms. The van der Waals surface area contributed by atoms with Crippen LogP contribution in [0.1, 0.15) is 19.5 Å². The summed E-state index contributed by atoms with van der Waals surface area (Å²) in [7, 11) is 1.95. The maximum atomic E-state index is 5.89. The number of hydrogen-bond donors (Lipinski definition) is 2. The zero-order valence-corrected chi connectivity index (χ0v) is 12.3. The lowest BCUT2D eigenvalue weighted by atomic mass is 10.2. The van der Waals surface area contributed by atoms with E-state index in [0.29, 0.717) is 5.69 Å². The highest BCUT2D eigenvalue weighted by Gasteiger charge is 2.03. The fourth-order valence-corrected chi connectivity index (χ4v) is 2.05. The molecule has 20 heavy (non-hydrogen) atoms. The number of benzene rings is 1. The van der Waals surface area contributed by atoms with Gasteiger partial charge < -0.3 is 15.8 Å². The van der Waals surface area contributed by atoms with E-state index in [9.17, 15) is 0 Å². The minimum atomic E-state index is 0.138. The molecule has 0 fully saturated rings. The van der Waals surface area contributed by atoms with Crippen molar-refractivity contribution in [2.45, 2.75) is 26.4 Å². The van der Waals surface area contributed by atoms with Gasteiger partial charge in [-0.2, -0.15) is 5.10 Å². The largest absolute Gasteiger partial charge is 0.491 e. The van der Waals surface area contributed by atoms with Crippen molar-refractivity contribution < 1.29 is 4.74 Å². The topological polar surface area (TPSA) is 65.1 Å². The molecule has 0 atom stereocenters. The minimum Gasteiger partial charge on any atom is -0.491 e. The summed E-state index contributed by atoms with van der Waals surface area (Å²) >= 11 is 0. The normalized spacial score (nSPS) is 10.8. The van der Waals surface area contributed by atoms with Crippen LogP contribution >= 0.6 is 0 Å². The van der Waals surface area contributed by atoms with Crippen LogP contribution in [-0.2, 0) is 13.5 Å². The van der Waals surface area contributed by atoms with Crippen molar-refractivity contribution in [1.29, 1.82) is 0 Å². The molecular weight excluding hydrogens is 252 g/mol. The molecular formula is C15H22N4O. The fourth-order valence-electron chi connectivity index (χ4n) is 2.05. The SMILES string of the molecule is CC(C)Oc1cc(N)cc(NCCc2ccnn2C)c1. The number of ether oxygens (including phenoxy) is 1. The molecule has 0 aliphatic heterocycles. The maximum absolute atomic E-state index is 5.89. The van der Waals surface area contributed by atoms with Gasteiger partial charge in [-0.1, -0.05) is 0 Å². The molecule has 0 saturated heterocycles. The molecule has 0 aliphatic carbocycles. The molecule has 0 spiro atoms. The van der Waals surface area contributed by atoms with E-state index in [-0.39, 0.29) is 6.10 Å². The molecule has 0 aliphatic rings. The van der Waals surface area contributed by atoms with E-state index in [1.54, 1.807) is 0 Å². The first-order chi connectivity index (χ1) is 9.54. The van der Waals surface area contributed by atoms with E-state index in [2.05, 4.69) is 10.4 Å². The zero-order chi connectivity index (χ0) is 14.5. The van der Waals surface area contributed by atoms with E-state index in [4.69, 9.17) is 10.5 Å². The number of aromatic nitrogens is 2. The Balaban J connectivity index is 1.95. The van der Waals surface area contributed by atoms with Crippen molar-refractivity contribution in [3.8, 4) is 5.75 Å². The van der Waals surface area contributed by atoms with Crippen molar-refractivity contribution in [3.63, 3.8) is 0 Å². The highest BCUT2D eigenvalue weighted by Crippen LogP contribution is 2.23. The molecule has 1 aromatic heterocycles. The average molecular weight is 274 g/mol. The first-order valence-corrected chi connectivity index (χ1v) is 6.82. The van der Waals surface area contributed by atoms with Crippen molar-refractivity contribution in [2.75, 3.05) is 17.6 Å². The van der Waals surface area contributed by atoms with Gasteiger partial charge >= 0.3 is 0 Å². The molecule has 5 nitrogen and oxygen atoms in total. The van der Waals surface area contributed by atoms with E-state index < -0.39 is 0 Å². The van der Waals surface area contributed by atoms with Gasteiger partial charge in [-0.15, -0.1) is 0 Å². The number of aryl methyl sites for hydroxylation is 1. The third kappa shape index (κ3) is 3.91. The molecule has 0 unspecified atom stereocenters. The van der Waals surface area contributed by atoms with Crippen LogP contribution in [0.5, 0.6) is 5.75 Å². The van der Waals surface area contributed by atoms with Crippen LogP contribution in [0.2, 0.25) is 0 Å². The zero-order valence-electron chi connectivity index (χ0n) is 12.3. The van der Waals surface area contributed by atoms with Gasteiger partial charge in [0.15, 0.2) is 0 Å². The Kier molecular flexibility index (Phi) is 4.50. The highest BCUT2D eigenvalue weighted by molar-refractivity contribution is 5.59. The van der Waals surface area contributed by atoms with Crippen LogP contribution in [0.4, 0.5) is 11.4 Å². The molecule has 0 bridgehead atoms. The predicted octanol–water partition coefficient (Wildman–Crippen LogP) is 2.44. The van der Waals surface area contributed by atoms with Crippen molar-refractivity contribution in [2.24, 2.45) is 7.05 Å². The van der Waals surface area contributed by atoms with E-state index >= 15 is 0 Å². The Hall–Kier alpha value is -2.17. The molecule has 0 radical (unpaired) electrons. The Morgan fingerprint density at radius 3 is 2.80 bits per heavy atom. The third-order valence-corrected chi connectivity index (χ3v) is 2.93. The third-order valence-electron chi connectivity index (χ3n) is 2.93. The molecule has 108 valence electrons. The van der Waals surface area contributed by atoms with Gasteiger partial charge in [0, 0.05) is 55.4 Å². The number of nitrogen functional groups attached to an aromatic ring is 1. The lowest BCUT2D eigenvalue weighted by molar-refractivity contribution is 0.242. The quantitative estimate of drug-likeness (QED) is 0.794. The fraction of sp³-hybridized carbons (Fsp3) is 0.400. The summed E-state index contributed by atoms with van der Waals surface area (Å²) in [5.41, 5.74) is 8.76. The predicted molar refractivity (Wildman–Crippen MR) is 82.0 cm³/mol. The standard InChI is InChI=1S/C15H22N4O/c1-11(2)20-15-9-12(16)8-13(10-15)17-6-4-14-5-7-18-19(14)3/h5,7-11,17H,4,6,16H2,1-3H3. The van der Waals surface area contributed by atoms with Crippen LogP contribution in [0.3, 0.4) is 0 Å². The molecule has 3 N–H and O–H groups in total. The number of nitrogens with one attached hydrogen (secondary N) is 1. The van der Waals surface area contributed by atoms with Crippen molar-refractivity contribution in [1.82, 2.24) is 9.78 Å². The number of nitrogens with zero attached hydrogens (tertiary/aromatic N) is 2. The van der Waals surface area contributed by atoms with E-state index in [0.717, 1.165) is 24.4 Å². The summed E-state index contributed by atoms with van der Waals surface area (Å²) in [6.07, 6.45) is 2.86. The number of nitrogens with two attached hydrogens (primary N) is 1. The van der Waals surface area contributed by atoms with Gasteiger partial charge in [0.05, 0.1) is 6.10 Å². The number of rotatable bonds is 6. The van der Waals surface area contributed by atoms with Crippen LogP contribution in [-0.4, -0.2) is 22.4 Å². The molecule has 2 aromatic rings. The van der Waals surface area contributed by atoms with Crippen LogP contribution in [0, 0.1) is 0 Å². The van der Waals surface area contributed by atoms with Gasteiger partial charge in [-0.3, -0.25) is 4.68 Å². The minimum absolute atomic E-state index is 0.138. The average Bonchev–Trinajstić information content (AvgIpc) is 2.73. The summed E-state index contributed by atoms with van der Waals surface area (Å²) < 4.78 is 7.56. The molecule has 2 rings (SSSR count). The summed E-state index contributed by atoms with van der Waals surface area (Å²) in [4.78, 5) is 0. The summed E-state index contributed by atoms with van der Waals surface area (Å²) in [5, 5.41) is 7.52. The molecule has 0 saturated carbocycles. The second kappa shape index (κ2) is 6.32. The van der Waals surface area contributed by atoms with Gasteiger partial charge in [0.2, 0.25) is 0 Å². The summed E-state index contributed by atoms with van der Waals surface area (Å²) in [6.45, 7) is 4.82. The Morgan fingerprint density at radius 2 is 2.15 bits per heavy atom.